The lowest BCUT2D eigenvalue weighted by Gasteiger charge is -2.28. The molecule has 1 aromatic carbocycles. The predicted octanol–water partition coefficient (Wildman–Crippen LogP) is 2.50. The van der Waals surface area contributed by atoms with Gasteiger partial charge in [0.15, 0.2) is 5.17 Å². The van der Waals surface area contributed by atoms with Crippen molar-refractivity contribution >= 4 is 28.5 Å². The average molecular weight is 397 g/mol. The number of amidine groups is 1. The van der Waals surface area contributed by atoms with E-state index in [9.17, 15) is 14.3 Å². The summed E-state index contributed by atoms with van der Waals surface area (Å²) in [5.74, 6) is -1.02. The molecule has 1 aliphatic rings. The number of thioether (sulfide) groups is 1. The lowest BCUT2D eigenvalue weighted by atomic mass is 9.91. The van der Waals surface area contributed by atoms with Crippen molar-refractivity contribution in [3.63, 3.8) is 0 Å². The number of hydrogen-bond donors (Lipinski definition) is 3. The summed E-state index contributed by atoms with van der Waals surface area (Å²) in [6.07, 6.45) is 2.94. The molecular formula is C19H16FN5O2S. The van der Waals surface area contributed by atoms with Crippen molar-refractivity contribution in [3.8, 4) is 6.07 Å². The number of aliphatic hydroxyl groups is 1. The van der Waals surface area contributed by atoms with Crippen molar-refractivity contribution in [1.29, 1.82) is 5.26 Å². The molecule has 0 fully saturated rings. The molecule has 0 spiro atoms. The van der Waals surface area contributed by atoms with E-state index in [1.54, 1.807) is 13.0 Å². The number of nitriles is 1. The van der Waals surface area contributed by atoms with Gasteiger partial charge in [-0.3, -0.25) is 4.79 Å². The van der Waals surface area contributed by atoms with Gasteiger partial charge >= 0.3 is 0 Å². The van der Waals surface area contributed by atoms with E-state index in [0.717, 1.165) is 11.8 Å². The average Bonchev–Trinajstić information content (AvgIpc) is 2.68. The van der Waals surface area contributed by atoms with Gasteiger partial charge in [-0.05, 0) is 43.3 Å². The molecule has 1 atom stereocenters. The van der Waals surface area contributed by atoms with Crippen molar-refractivity contribution in [2.24, 2.45) is 10.7 Å². The first-order chi connectivity index (χ1) is 13.3. The highest BCUT2D eigenvalue weighted by molar-refractivity contribution is 8.17. The normalized spacial score (nSPS) is 18.6. The van der Waals surface area contributed by atoms with Gasteiger partial charge in [-0.25, -0.2) is 14.4 Å². The number of benzene rings is 1. The minimum Gasteiger partial charge on any atom is -0.391 e. The molecule has 2 heterocycles. The van der Waals surface area contributed by atoms with E-state index in [2.05, 4.69) is 15.3 Å². The second kappa shape index (κ2) is 7.80. The highest BCUT2D eigenvalue weighted by atomic mass is 32.2. The third-order valence-corrected chi connectivity index (χ3v) is 4.88. The Morgan fingerprint density at radius 3 is 2.86 bits per heavy atom. The summed E-state index contributed by atoms with van der Waals surface area (Å²) in [7, 11) is 0. The van der Waals surface area contributed by atoms with Gasteiger partial charge in [0.25, 0.3) is 5.91 Å². The van der Waals surface area contributed by atoms with E-state index in [4.69, 9.17) is 11.0 Å². The number of pyridine rings is 1. The monoisotopic (exact) mass is 397 g/mol. The van der Waals surface area contributed by atoms with Crippen LogP contribution in [0.3, 0.4) is 0 Å². The van der Waals surface area contributed by atoms with E-state index in [-0.39, 0.29) is 23.0 Å². The highest BCUT2D eigenvalue weighted by Crippen LogP contribution is 2.38. The first-order valence-electron chi connectivity index (χ1n) is 8.18. The number of aliphatic hydroxyl groups excluding tert-OH is 1. The lowest BCUT2D eigenvalue weighted by Crippen LogP contribution is -2.27. The fourth-order valence-electron chi connectivity index (χ4n) is 2.76. The van der Waals surface area contributed by atoms with Crippen LogP contribution in [0.1, 0.15) is 28.5 Å². The first kappa shape index (κ1) is 19.5. The van der Waals surface area contributed by atoms with E-state index < -0.39 is 17.3 Å². The molecule has 0 aliphatic carbocycles. The van der Waals surface area contributed by atoms with Crippen LogP contribution in [0.2, 0.25) is 0 Å². The second-order valence-corrected chi connectivity index (χ2v) is 7.31. The van der Waals surface area contributed by atoms with Crippen LogP contribution in [0, 0.1) is 17.1 Å². The molecular weight excluding hydrogens is 381 g/mol. The van der Waals surface area contributed by atoms with Crippen LogP contribution in [0.25, 0.3) is 0 Å². The smallest absolute Gasteiger partial charge is 0.274 e. The largest absolute Gasteiger partial charge is 0.391 e. The topological polar surface area (TPSA) is 124 Å². The van der Waals surface area contributed by atoms with Crippen molar-refractivity contribution in [1.82, 2.24) is 4.98 Å². The maximum Gasteiger partial charge on any atom is 0.274 e. The van der Waals surface area contributed by atoms with Gasteiger partial charge in [0, 0.05) is 22.4 Å². The molecule has 1 aromatic heterocycles. The third kappa shape index (κ3) is 4.03. The molecule has 28 heavy (non-hydrogen) atoms. The number of nitrogens with one attached hydrogen (secondary N) is 1. The van der Waals surface area contributed by atoms with Gasteiger partial charge in [0.05, 0.1) is 12.2 Å². The Balaban J connectivity index is 1.91. The molecule has 7 nitrogen and oxygen atoms in total. The number of aliphatic imine (C=N–C) groups is 1. The quantitative estimate of drug-likeness (QED) is 0.728. The number of halogens is 1. The molecule has 4 N–H and O–H groups in total. The molecule has 9 heteroatoms. The summed E-state index contributed by atoms with van der Waals surface area (Å²) < 4.78 is 14.5. The molecule has 0 radical (unpaired) electrons. The summed E-state index contributed by atoms with van der Waals surface area (Å²) in [5, 5.41) is 21.1. The molecule has 1 aliphatic heterocycles. The van der Waals surface area contributed by atoms with Crippen molar-refractivity contribution < 1.29 is 14.3 Å². The Morgan fingerprint density at radius 1 is 1.43 bits per heavy atom. The van der Waals surface area contributed by atoms with Crippen LogP contribution in [-0.4, -0.2) is 27.8 Å². The molecule has 0 unspecified atom stereocenters. The Morgan fingerprint density at radius 2 is 2.21 bits per heavy atom. The van der Waals surface area contributed by atoms with Crippen LogP contribution < -0.4 is 11.1 Å². The Bertz CT molecular complexity index is 1030. The first-order valence-corrected chi connectivity index (χ1v) is 8.99. The van der Waals surface area contributed by atoms with Crippen molar-refractivity contribution in [3.05, 3.63) is 70.1 Å². The van der Waals surface area contributed by atoms with Gasteiger partial charge in [0.1, 0.15) is 23.1 Å². The van der Waals surface area contributed by atoms with Gasteiger partial charge in [-0.15, -0.1) is 0 Å². The molecule has 142 valence electrons. The standard InChI is InChI=1S/C19H16FN5O2S/c1-19(7-13(10-26)28-18(22)25-19)14-6-12(3-4-15(14)20)24-17(27)16-5-2-11(8-21)9-23-16/h2-7,9,26H,10H2,1H3,(H2,22,25)(H,24,27)/t19-/m0/s1. The number of nitrogens with zero attached hydrogens (tertiary/aromatic N) is 3. The molecule has 2 aromatic rings. The summed E-state index contributed by atoms with van der Waals surface area (Å²) in [6.45, 7) is 1.43. The summed E-state index contributed by atoms with van der Waals surface area (Å²) in [4.78, 5) is 21.2. The Hall–Kier alpha value is -3.22. The van der Waals surface area contributed by atoms with E-state index in [1.165, 1.54) is 36.5 Å². The minimum absolute atomic E-state index is 0.120. The van der Waals surface area contributed by atoms with Gasteiger partial charge in [-0.1, -0.05) is 11.8 Å². The molecule has 0 saturated heterocycles. The maximum absolute atomic E-state index is 14.5. The molecule has 1 amide bonds. The van der Waals surface area contributed by atoms with E-state index in [1.807, 2.05) is 6.07 Å². The van der Waals surface area contributed by atoms with E-state index >= 15 is 0 Å². The second-order valence-electron chi connectivity index (χ2n) is 6.16. The summed E-state index contributed by atoms with van der Waals surface area (Å²) in [5.41, 5.74) is 5.71. The van der Waals surface area contributed by atoms with Crippen LogP contribution in [0.4, 0.5) is 10.1 Å². The number of anilines is 1. The number of aromatic nitrogens is 1. The zero-order valence-electron chi connectivity index (χ0n) is 14.8. The summed E-state index contributed by atoms with van der Waals surface area (Å²) in [6, 6.07) is 8.95. The zero-order valence-corrected chi connectivity index (χ0v) is 15.6. The Labute approximate surface area is 164 Å². The highest BCUT2D eigenvalue weighted by Gasteiger charge is 2.31. The number of hydrogen-bond acceptors (Lipinski definition) is 7. The van der Waals surface area contributed by atoms with E-state index in [0.29, 0.717) is 16.2 Å². The maximum atomic E-state index is 14.5. The molecule has 0 saturated carbocycles. The van der Waals surface area contributed by atoms with Gasteiger partial charge < -0.3 is 16.2 Å². The SMILES string of the molecule is C[C@@]1(c2cc(NC(=O)c3ccc(C#N)cn3)ccc2F)C=C(CO)SC(N)=N1. The number of nitrogens with two attached hydrogens (primary N) is 1. The minimum atomic E-state index is -1.12. The molecule has 3 rings (SSSR count). The van der Waals surface area contributed by atoms with Crippen LogP contribution in [0.5, 0.6) is 0 Å². The third-order valence-electron chi connectivity index (χ3n) is 4.07. The zero-order chi connectivity index (χ0) is 20.3. The Kier molecular flexibility index (Phi) is 5.44. The van der Waals surface area contributed by atoms with Crippen molar-refractivity contribution in [2.75, 3.05) is 11.9 Å². The van der Waals surface area contributed by atoms with Crippen LogP contribution >= 0.6 is 11.8 Å². The number of rotatable bonds is 4. The number of carbonyl (C=O) groups is 1. The predicted molar refractivity (Wildman–Crippen MR) is 105 cm³/mol. The fourth-order valence-corrected chi connectivity index (χ4v) is 3.61. The van der Waals surface area contributed by atoms with Crippen LogP contribution in [-0.2, 0) is 5.54 Å². The fraction of sp³-hybridized carbons (Fsp3) is 0.158. The van der Waals surface area contributed by atoms with Crippen molar-refractivity contribution in [2.45, 2.75) is 12.5 Å². The van der Waals surface area contributed by atoms with Crippen LogP contribution in [0.15, 0.2) is 52.5 Å². The van der Waals surface area contributed by atoms with Gasteiger partial charge in [0.2, 0.25) is 0 Å². The lowest BCUT2D eigenvalue weighted by molar-refractivity contribution is 0.102. The summed E-state index contributed by atoms with van der Waals surface area (Å²) >= 11 is 1.12. The number of carbonyl (C=O) groups excluding carboxylic acids is 1. The molecule has 0 bridgehead atoms. The van der Waals surface area contributed by atoms with Gasteiger partial charge in [-0.2, -0.15) is 5.26 Å². The number of amides is 1.